The third-order valence-corrected chi connectivity index (χ3v) is 4.02. The first kappa shape index (κ1) is 18.5. The molecule has 0 spiro atoms. The molecule has 0 radical (unpaired) electrons. The summed E-state index contributed by atoms with van der Waals surface area (Å²) in [5, 5.41) is 9.34. The minimum atomic E-state index is -4.65. The van der Waals surface area contributed by atoms with Gasteiger partial charge in [0.2, 0.25) is 0 Å². The normalized spacial score (nSPS) is 18.6. The minimum Gasteiger partial charge on any atom is -0.391 e. The first-order valence-electron chi connectivity index (χ1n) is 6.21. The molecular formula is C13H15Cl2F4NO. The number of nitrogens with two attached hydrogens (primary N) is 1. The van der Waals surface area contributed by atoms with Crippen molar-refractivity contribution in [2.75, 3.05) is 0 Å². The molecule has 3 N–H and O–H groups in total. The van der Waals surface area contributed by atoms with Crippen LogP contribution in [0.4, 0.5) is 17.6 Å². The summed E-state index contributed by atoms with van der Waals surface area (Å²) in [5.74, 6) is -1.11. The molecule has 0 aromatic heterocycles. The van der Waals surface area contributed by atoms with Gasteiger partial charge in [0.15, 0.2) is 0 Å². The summed E-state index contributed by atoms with van der Waals surface area (Å²) < 4.78 is 52.0. The topological polar surface area (TPSA) is 46.2 Å². The van der Waals surface area contributed by atoms with Crippen LogP contribution in [0, 0.1) is 11.7 Å². The van der Waals surface area contributed by atoms with Gasteiger partial charge in [-0.05, 0) is 30.9 Å². The van der Waals surface area contributed by atoms with Crippen LogP contribution in [0.1, 0.15) is 36.4 Å². The van der Waals surface area contributed by atoms with Crippen molar-refractivity contribution in [1.29, 1.82) is 0 Å². The molecule has 2 rings (SSSR count). The maximum Gasteiger partial charge on any atom is 0.416 e. The molecule has 0 aliphatic heterocycles. The van der Waals surface area contributed by atoms with Crippen molar-refractivity contribution in [1.82, 2.24) is 0 Å². The number of alkyl halides is 3. The van der Waals surface area contributed by atoms with Crippen LogP contribution in [0.5, 0.6) is 0 Å². The van der Waals surface area contributed by atoms with E-state index in [1.54, 1.807) is 0 Å². The van der Waals surface area contributed by atoms with Gasteiger partial charge in [0.05, 0.1) is 22.7 Å². The molecule has 1 saturated carbocycles. The average molecular weight is 348 g/mol. The van der Waals surface area contributed by atoms with Crippen LogP contribution < -0.4 is 5.73 Å². The molecule has 1 aromatic rings. The Bertz CT molecular complexity index is 506. The maximum atomic E-state index is 13.9. The first-order chi connectivity index (χ1) is 9.21. The lowest BCUT2D eigenvalue weighted by Gasteiger charge is -2.34. The van der Waals surface area contributed by atoms with E-state index in [2.05, 4.69) is 0 Å². The predicted octanol–water partition coefficient (Wildman–Crippen LogP) is 4.08. The van der Waals surface area contributed by atoms with Crippen molar-refractivity contribution >= 4 is 24.0 Å². The quantitative estimate of drug-likeness (QED) is 0.809. The van der Waals surface area contributed by atoms with Gasteiger partial charge >= 0.3 is 6.18 Å². The second-order valence-corrected chi connectivity index (χ2v) is 5.47. The lowest BCUT2D eigenvalue weighted by atomic mass is 9.77. The third kappa shape index (κ3) is 3.80. The SMILES string of the molecule is Cl.N[C@H](c1cc(C(F)(F)F)cc(Cl)c1F)[C@@H](O)C1CCC1. The van der Waals surface area contributed by atoms with E-state index in [0.29, 0.717) is 12.1 Å². The van der Waals surface area contributed by atoms with E-state index in [4.69, 9.17) is 17.3 Å². The highest BCUT2D eigenvalue weighted by Gasteiger charge is 2.36. The summed E-state index contributed by atoms with van der Waals surface area (Å²) >= 11 is 5.49. The van der Waals surface area contributed by atoms with Crippen LogP contribution in [0.15, 0.2) is 12.1 Å². The molecule has 1 aliphatic rings. The molecule has 2 atom stereocenters. The van der Waals surface area contributed by atoms with E-state index < -0.39 is 40.3 Å². The largest absolute Gasteiger partial charge is 0.416 e. The Morgan fingerprint density at radius 2 is 1.86 bits per heavy atom. The van der Waals surface area contributed by atoms with E-state index >= 15 is 0 Å². The number of rotatable bonds is 3. The van der Waals surface area contributed by atoms with E-state index in [9.17, 15) is 22.7 Å². The Hall–Kier alpha value is -0.560. The zero-order valence-electron chi connectivity index (χ0n) is 10.8. The number of halogens is 6. The monoisotopic (exact) mass is 347 g/mol. The Balaban J connectivity index is 0.00000220. The van der Waals surface area contributed by atoms with E-state index in [-0.39, 0.29) is 18.3 Å². The van der Waals surface area contributed by atoms with E-state index in [1.807, 2.05) is 0 Å². The zero-order chi connectivity index (χ0) is 15.1. The van der Waals surface area contributed by atoms with Crippen molar-refractivity contribution in [2.45, 2.75) is 37.6 Å². The first-order valence-corrected chi connectivity index (χ1v) is 6.59. The van der Waals surface area contributed by atoms with Gasteiger partial charge in [-0.15, -0.1) is 12.4 Å². The van der Waals surface area contributed by atoms with Gasteiger partial charge in [-0.25, -0.2) is 4.39 Å². The van der Waals surface area contributed by atoms with E-state index in [1.165, 1.54) is 0 Å². The summed E-state index contributed by atoms with van der Waals surface area (Å²) in [6, 6.07) is -0.0866. The summed E-state index contributed by atoms with van der Waals surface area (Å²) in [4.78, 5) is 0. The molecule has 1 fully saturated rings. The molecule has 1 aromatic carbocycles. The van der Waals surface area contributed by atoms with Crippen molar-refractivity contribution in [2.24, 2.45) is 11.7 Å². The molecule has 21 heavy (non-hydrogen) atoms. The molecule has 120 valence electrons. The van der Waals surface area contributed by atoms with Crippen LogP contribution in [0.3, 0.4) is 0 Å². The second-order valence-electron chi connectivity index (χ2n) is 5.07. The van der Waals surface area contributed by atoms with Gasteiger partial charge in [-0.2, -0.15) is 13.2 Å². The van der Waals surface area contributed by atoms with E-state index in [0.717, 1.165) is 19.3 Å². The fourth-order valence-corrected chi connectivity index (χ4v) is 2.50. The lowest BCUT2D eigenvalue weighted by Crippen LogP contribution is -2.37. The minimum absolute atomic E-state index is 0. The summed E-state index contributed by atoms with van der Waals surface area (Å²) in [5.41, 5.74) is 4.24. The van der Waals surface area contributed by atoms with Crippen molar-refractivity contribution in [3.8, 4) is 0 Å². The van der Waals surface area contributed by atoms with Gasteiger partial charge in [0, 0.05) is 5.56 Å². The van der Waals surface area contributed by atoms with Gasteiger partial charge in [-0.3, -0.25) is 0 Å². The molecule has 0 amide bonds. The van der Waals surface area contributed by atoms with Crippen LogP contribution in [-0.2, 0) is 6.18 Å². The predicted molar refractivity (Wildman–Crippen MR) is 73.9 cm³/mol. The van der Waals surface area contributed by atoms with Crippen molar-refractivity contribution < 1.29 is 22.7 Å². The lowest BCUT2D eigenvalue weighted by molar-refractivity contribution is -0.137. The molecular weight excluding hydrogens is 333 g/mol. The summed E-state index contributed by atoms with van der Waals surface area (Å²) in [6.07, 6.45) is -3.31. The molecule has 0 saturated heterocycles. The highest BCUT2D eigenvalue weighted by atomic mass is 35.5. The van der Waals surface area contributed by atoms with Crippen LogP contribution in [0.25, 0.3) is 0 Å². The number of aliphatic hydroxyl groups is 1. The zero-order valence-corrected chi connectivity index (χ0v) is 12.4. The Kier molecular flexibility index (Phi) is 5.89. The summed E-state index contributed by atoms with van der Waals surface area (Å²) in [7, 11) is 0. The van der Waals surface area contributed by atoms with Crippen LogP contribution in [-0.4, -0.2) is 11.2 Å². The number of benzene rings is 1. The maximum absolute atomic E-state index is 13.9. The fraction of sp³-hybridized carbons (Fsp3) is 0.538. The Morgan fingerprint density at radius 1 is 1.29 bits per heavy atom. The number of hydrogen-bond donors (Lipinski definition) is 2. The van der Waals surface area contributed by atoms with Gasteiger partial charge in [-0.1, -0.05) is 18.0 Å². The average Bonchev–Trinajstić information content (AvgIpc) is 2.27. The van der Waals surface area contributed by atoms with Crippen molar-refractivity contribution in [3.05, 3.63) is 34.1 Å². The number of hydrogen-bond acceptors (Lipinski definition) is 2. The fourth-order valence-electron chi connectivity index (χ4n) is 2.28. The Labute approximate surface area is 130 Å². The number of aliphatic hydroxyl groups excluding tert-OH is 1. The van der Waals surface area contributed by atoms with Gasteiger partial charge < -0.3 is 10.8 Å². The molecule has 0 bridgehead atoms. The second kappa shape index (κ2) is 6.69. The van der Waals surface area contributed by atoms with Crippen LogP contribution >= 0.6 is 24.0 Å². The highest BCUT2D eigenvalue weighted by Crippen LogP contribution is 2.38. The van der Waals surface area contributed by atoms with Gasteiger partial charge in [0.1, 0.15) is 5.82 Å². The van der Waals surface area contributed by atoms with Crippen molar-refractivity contribution in [3.63, 3.8) is 0 Å². The van der Waals surface area contributed by atoms with Gasteiger partial charge in [0.25, 0.3) is 0 Å². The Morgan fingerprint density at radius 3 is 2.29 bits per heavy atom. The third-order valence-electron chi connectivity index (χ3n) is 3.74. The molecule has 2 nitrogen and oxygen atoms in total. The molecule has 1 aliphatic carbocycles. The van der Waals surface area contributed by atoms with Crippen LogP contribution in [0.2, 0.25) is 5.02 Å². The molecule has 0 heterocycles. The molecule has 8 heteroatoms. The standard InChI is InChI=1S/C13H14ClF4NO.ClH/c14-9-5-7(13(16,17)18)4-8(10(9)15)11(19)12(20)6-2-1-3-6;/h4-6,11-12,20H,1-3,19H2;1H/t11-,12+;/m1./s1. The highest BCUT2D eigenvalue weighted by molar-refractivity contribution is 6.30. The molecule has 0 unspecified atom stereocenters. The smallest absolute Gasteiger partial charge is 0.391 e. The summed E-state index contributed by atoms with van der Waals surface area (Å²) in [6.45, 7) is 0.